The monoisotopic (exact) mass is 272 g/mol. The zero-order chi connectivity index (χ0) is 14.4. The Kier molecular flexibility index (Phi) is 5.36. The molecule has 0 radical (unpaired) electrons. The van der Waals surface area contributed by atoms with Crippen LogP contribution in [0.15, 0.2) is 42.5 Å². The van der Waals surface area contributed by atoms with Gasteiger partial charge >= 0.3 is 0 Å². The highest BCUT2D eigenvalue weighted by atomic mass is 16.1. The Morgan fingerprint density at radius 3 is 2.65 bits per heavy atom. The van der Waals surface area contributed by atoms with E-state index in [0.717, 1.165) is 19.3 Å². The van der Waals surface area contributed by atoms with E-state index in [2.05, 4.69) is 34.5 Å². The lowest BCUT2D eigenvalue weighted by molar-refractivity contribution is -0.125. The molecule has 1 aromatic carbocycles. The molecule has 1 aromatic rings. The van der Waals surface area contributed by atoms with Gasteiger partial charge in [0, 0.05) is 12.5 Å². The molecule has 0 spiro atoms. The molecule has 0 fully saturated rings. The minimum absolute atomic E-state index is 0.151. The van der Waals surface area contributed by atoms with Gasteiger partial charge in [-0.15, -0.1) is 0 Å². The van der Waals surface area contributed by atoms with Gasteiger partial charge in [0.15, 0.2) is 0 Å². The van der Waals surface area contributed by atoms with Crippen molar-refractivity contribution in [1.29, 1.82) is 0 Å². The molecule has 0 aromatic heterocycles. The molecule has 0 heterocycles. The van der Waals surface area contributed by atoms with Gasteiger partial charge < -0.3 is 10.2 Å². The van der Waals surface area contributed by atoms with Gasteiger partial charge in [-0.2, -0.15) is 0 Å². The maximum Gasteiger partial charge on any atom is 0.223 e. The second-order valence-corrected chi connectivity index (χ2v) is 5.62. The van der Waals surface area contributed by atoms with Crippen molar-refractivity contribution in [2.75, 3.05) is 20.6 Å². The van der Waals surface area contributed by atoms with Gasteiger partial charge in [0.2, 0.25) is 5.91 Å². The highest BCUT2D eigenvalue weighted by molar-refractivity contribution is 5.79. The number of amides is 1. The van der Waals surface area contributed by atoms with Crippen molar-refractivity contribution in [3.8, 4) is 0 Å². The first-order chi connectivity index (χ1) is 9.68. The van der Waals surface area contributed by atoms with E-state index in [9.17, 15) is 4.79 Å². The van der Waals surface area contributed by atoms with Gasteiger partial charge in [-0.3, -0.25) is 4.79 Å². The molecule has 0 aliphatic heterocycles. The van der Waals surface area contributed by atoms with Gasteiger partial charge in [-0.1, -0.05) is 42.5 Å². The summed E-state index contributed by atoms with van der Waals surface area (Å²) < 4.78 is 0. The Labute approximate surface area is 121 Å². The Bertz CT molecular complexity index is 453. The second-order valence-electron chi connectivity index (χ2n) is 5.62. The molecule has 1 aliphatic carbocycles. The van der Waals surface area contributed by atoms with E-state index in [0.29, 0.717) is 6.54 Å². The van der Waals surface area contributed by atoms with Crippen LogP contribution >= 0.6 is 0 Å². The molecule has 3 nitrogen and oxygen atoms in total. The number of allylic oxidation sites excluding steroid dienone is 2. The summed E-state index contributed by atoms with van der Waals surface area (Å²) in [5.74, 6) is 0.343. The summed E-state index contributed by atoms with van der Waals surface area (Å²) in [6.45, 7) is 0.663. The average Bonchev–Trinajstić information content (AvgIpc) is 2.49. The molecule has 1 aliphatic rings. The lowest BCUT2D eigenvalue weighted by atomic mass is 9.93. The van der Waals surface area contributed by atoms with Gasteiger partial charge in [-0.25, -0.2) is 0 Å². The van der Waals surface area contributed by atoms with E-state index in [-0.39, 0.29) is 17.9 Å². The van der Waals surface area contributed by atoms with E-state index in [1.165, 1.54) is 5.56 Å². The topological polar surface area (TPSA) is 32.3 Å². The molecule has 1 N–H and O–H groups in total. The summed E-state index contributed by atoms with van der Waals surface area (Å²) in [6.07, 6.45) is 7.16. The molecule has 108 valence electrons. The van der Waals surface area contributed by atoms with Crippen LogP contribution < -0.4 is 5.32 Å². The van der Waals surface area contributed by atoms with E-state index in [1.807, 2.05) is 32.3 Å². The fourth-order valence-electron chi connectivity index (χ4n) is 2.65. The third kappa shape index (κ3) is 3.94. The molecule has 0 saturated carbocycles. The van der Waals surface area contributed by atoms with Crippen molar-refractivity contribution < 1.29 is 4.79 Å². The summed E-state index contributed by atoms with van der Waals surface area (Å²) >= 11 is 0. The largest absolute Gasteiger partial charge is 0.354 e. The van der Waals surface area contributed by atoms with Crippen LogP contribution in [-0.2, 0) is 4.79 Å². The number of carbonyl (C=O) groups is 1. The lowest BCUT2D eigenvalue weighted by Crippen LogP contribution is -2.38. The van der Waals surface area contributed by atoms with Crippen LogP contribution in [0.1, 0.15) is 30.9 Å². The molecule has 20 heavy (non-hydrogen) atoms. The predicted octanol–water partition coefficient (Wildman–Crippen LogP) is 2.76. The van der Waals surface area contributed by atoms with Crippen LogP contribution in [0, 0.1) is 5.92 Å². The molecule has 0 saturated heterocycles. The van der Waals surface area contributed by atoms with Crippen molar-refractivity contribution in [2.24, 2.45) is 5.92 Å². The third-order valence-electron chi connectivity index (χ3n) is 3.92. The highest BCUT2D eigenvalue weighted by Gasteiger charge is 2.20. The van der Waals surface area contributed by atoms with Gasteiger partial charge in [0.25, 0.3) is 0 Å². The average molecular weight is 272 g/mol. The normalized spacial score (nSPS) is 19.9. The first-order valence-electron chi connectivity index (χ1n) is 7.32. The summed E-state index contributed by atoms with van der Waals surface area (Å²) in [7, 11) is 4.10. The molecule has 2 atom stereocenters. The number of rotatable bonds is 5. The smallest absolute Gasteiger partial charge is 0.223 e. The van der Waals surface area contributed by atoms with Crippen molar-refractivity contribution in [1.82, 2.24) is 10.2 Å². The fraction of sp³-hybridized carbons (Fsp3) is 0.471. The second kappa shape index (κ2) is 7.25. The minimum Gasteiger partial charge on any atom is -0.354 e. The SMILES string of the molecule is CN(C)C(CNC(=O)C1CC=CCC1)c1ccccc1. The van der Waals surface area contributed by atoms with Gasteiger partial charge in [-0.05, 0) is 38.9 Å². The van der Waals surface area contributed by atoms with E-state index in [4.69, 9.17) is 0 Å². The number of benzene rings is 1. The number of carbonyl (C=O) groups excluding carboxylic acids is 1. The van der Waals surface area contributed by atoms with Crippen molar-refractivity contribution in [3.63, 3.8) is 0 Å². The van der Waals surface area contributed by atoms with Crippen molar-refractivity contribution >= 4 is 5.91 Å². The fourth-order valence-corrected chi connectivity index (χ4v) is 2.65. The first kappa shape index (κ1) is 14.8. The quantitative estimate of drug-likeness (QED) is 0.836. The van der Waals surface area contributed by atoms with Crippen LogP contribution in [0.2, 0.25) is 0 Å². The molecular formula is C17H24N2O. The first-order valence-corrected chi connectivity index (χ1v) is 7.32. The molecular weight excluding hydrogens is 248 g/mol. The van der Waals surface area contributed by atoms with Crippen molar-refractivity contribution in [2.45, 2.75) is 25.3 Å². The molecule has 1 amide bonds. The van der Waals surface area contributed by atoms with Crippen molar-refractivity contribution in [3.05, 3.63) is 48.0 Å². The van der Waals surface area contributed by atoms with Crippen LogP contribution in [0.25, 0.3) is 0 Å². The summed E-state index contributed by atoms with van der Waals surface area (Å²) in [6, 6.07) is 10.5. The number of nitrogens with zero attached hydrogens (tertiary/aromatic N) is 1. The van der Waals surface area contributed by atoms with Crippen LogP contribution in [-0.4, -0.2) is 31.4 Å². The maximum atomic E-state index is 12.2. The third-order valence-corrected chi connectivity index (χ3v) is 3.92. The lowest BCUT2D eigenvalue weighted by Gasteiger charge is -2.26. The van der Waals surface area contributed by atoms with Gasteiger partial charge in [0.05, 0.1) is 6.04 Å². The number of hydrogen-bond donors (Lipinski definition) is 1. The Balaban J connectivity index is 1.92. The molecule has 3 heteroatoms. The summed E-state index contributed by atoms with van der Waals surface area (Å²) in [4.78, 5) is 14.3. The standard InChI is InChI=1S/C17H24N2O/c1-19(2)16(14-9-5-3-6-10-14)13-18-17(20)15-11-7-4-8-12-15/h3-7,9-10,15-16H,8,11-13H2,1-2H3,(H,18,20). The molecule has 0 bridgehead atoms. The Hall–Kier alpha value is -1.61. The van der Waals surface area contributed by atoms with E-state index >= 15 is 0 Å². The van der Waals surface area contributed by atoms with Crippen LogP contribution in [0.4, 0.5) is 0 Å². The number of likely N-dealkylation sites (N-methyl/N-ethyl adjacent to an activating group) is 1. The summed E-state index contributed by atoms with van der Waals surface area (Å²) in [5, 5.41) is 3.12. The summed E-state index contributed by atoms with van der Waals surface area (Å²) in [5.41, 5.74) is 1.24. The zero-order valence-corrected chi connectivity index (χ0v) is 12.4. The number of nitrogens with one attached hydrogen (secondary N) is 1. The van der Waals surface area contributed by atoms with Crippen LogP contribution in [0.3, 0.4) is 0 Å². The maximum absolute atomic E-state index is 12.2. The van der Waals surface area contributed by atoms with E-state index in [1.54, 1.807) is 0 Å². The van der Waals surface area contributed by atoms with Crippen LogP contribution in [0.5, 0.6) is 0 Å². The number of hydrogen-bond acceptors (Lipinski definition) is 2. The van der Waals surface area contributed by atoms with Gasteiger partial charge in [0.1, 0.15) is 0 Å². The van der Waals surface area contributed by atoms with E-state index < -0.39 is 0 Å². The Morgan fingerprint density at radius 1 is 1.30 bits per heavy atom. The Morgan fingerprint density at radius 2 is 2.05 bits per heavy atom. The molecule has 2 rings (SSSR count). The highest BCUT2D eigenvalue weighted by Crippen LogP contribution is 2.20. The minimum atomic E-state index is 0.151. The zero-order valence-electron chi connectivity index (χ0n) is 12.4. The molecule has 2 unspecified atom stereocenters. The predicted molar refractivity (Wildman–Crippen MR) is 82.4 cm³/mol.